The minimum absolute atomic E-state index is 0.270. The monoisotopic (exact) mass is 247 g/mol. The van der Waals surface area contributed by atoms with Crippen LogP contribution >= 0.6 is 0 Å². The minimum atomic E-state index is -2.90. The van der Waals surface area contributed by atoms with Gasteiger partial charge < -0.3 is 9.84 Å². The molecule has 1 fully saturated rings. The first-order chi connectivity index (χ1) is 8.11. The number of aromatic carboxylic acids is 1. The number of carbonyl (C=O) groups is 1. The smallest absolute Gasteiger partial charge is 0.358 e. The van der Waals surface area contributed by atoms with Gasteiger partial charge in [0.05, 0.1) is 6.04 Å². The van der Waals surface area contributed by atoms with E-state index in [1.54, 1.807) is 0 Å². The van der Waals surface area contributed by atoms with E-state index >= 15 is 0 Å². The lowest BCUT2D eigenvalue weighted by Gasteiger charge is -2.23. The average molecular weight is 247 g/mol. The van der Waals surface area contributed by atoms with Gasteiger partial charge in [0, 0.05) is 13.2 Å². The Morgan fingerprint density at radius 2 is 2.12 bits per heavy atom. The Morgan fingerprint density at radius 1 is 1.47 bits per heavy atom. The summed E-state index contributed by atoms with van der Waals surface area (Å²) in [6.07, 6.45) is -1.84. The molecule has 1 aromatic heterocycles. The van der Waals surface area contributed by atoms with E-state index in [2.05, 4.69) is 10.3 Å². The number of hydrogen-bond acceptors (Lipinski definition) is 4. The molecule has 94 valence electrons. The van der Waals surface area contributed by atoms with Crippen molar-refractivity contribution in [2.45, 2.75) is 25.3 Å². The Bertz CT molecular complexity index is 416. The molecular formula is C9H11F2N3O3. The highest BCUT2D eigenvalue weighted by Gasteiger charge is 2.30. The number of rotatable bonds is 3. The second kappa shape index (κ2) is 4.74. The lowest BCUT2D eigenvalue weighted by atomic mass is 10.1. The van der Waals surface area contributed by atoms with E-state index in [0.717, 1.165) is 4.68 Å². The molecule has 0 atom stereocenters. The summed E-state index contributed by atoms with van der Waals surface area (Å²) in [5, 5.41) is 15.6. The number of aromatic nitrogens is 3. The lowest BCUT2D eigenvalue weighted by Crippen LogP contribution is -2.22. The molecular weight excluding hydrogens is 236 g/mol. The molecule has 0 amide bonds. The van der Waals surface area contributed by atoms with Crippen LogP contribution in [0.1, 0.15) is 41.5 Å². The van der Waals surface area contributed by atoms with E-state index in [-0.39, 0.29) is 6.04 Å². The molecule has 0 aromatic carbocycles. The van der Waals surface area contributed by atoms with Crippen LogP contribution in [0.5, 0.6) is 0 Å². The summed E-state index contributed by atoms with van der Waals surface area (Å²) in [6, 6.07) is -0.270. The number of ether oxygens (including phenoxy) is 1. The van der Waals surface area contributed by atoms with Gasteiger partial charge in [-0.25, -0.2) is 18.3 Å². The maximum Gasteiger partial charge on any atom is 0.358 e. The molecule has 0 radical (unpaired) electrons. The molecule has 1 saturated heterocycles. The molecule has 0 spiro atoms. The summed E-state index contributed by atoms with van der Waals surface area (Å²) < 4.78 is 31.8. The standard InChI is InChI=1S/C9H11F2N3O3/c10-8(11)7-6(9(15)16)12-13-14(7)5-1-3-17-4-2-5/h5,8H,1-4H2,(H,15,16). The van der Waals surface area contributed by atoms with Crippen molar-refractivity contribution in [2.75, 3.05) is 13.2 Å². The van der Waals surface area contributed by atoms with Crippen LogP contribution in [0.4, 0.5) is 8.78 Å². The molecule has 1 aliphatic rings. The second-order valence-corrected chi connectivity index (χ2v) is 3.72. The van der Waals surface area contributed by atoms with Gasteiger partial charge in [0.15, 0.2) is 5.69 Å². The van der Waals surface area contributed by atoms with E-state index in [4.69, 9.17) is 9.84 Å². The van der Waals surface area contributed by atoms with Crippen molar-refractivity contribution in [3.05, 3.63) is 11.4 Å². The Hall–Kier alpha value is -1.57. The van der Waals surface area contributed by atoms with Crippen LogP contribution in [-0.4, -0.2) is 39.3 Å². The molecule has 8 heteroatoms. The molecule has 1 aliphatic heterocycles. The van der Waals surface area contributed by atoms with Crippen molar-refractivity contribution in [2.24, 2.45) is 0 Å². The summed E-state index contributed by atoms with van der Waals surface area (Å²) in [5.74, 6) is -1.49. The van der Waals surface area contributed by atoms with Gasteiger partial charge in [-0.1, -0.05) is 5.21 Å². The highest BCUT2D eigenvalue weighted by atomic mass is 19.3. The number of carboxylic acid groups (broad SMARTS) is 1. The summed E-state index contributed by atoms with van der Waals surface area (Å²) in [5.41, 5.74) is -1.30. The number of halogens is 2. The van der Waals surface area contributed by atoms with Crippen LogP contribution < -0.4 is 0 Å². The van der Waals surface area contributed by atoms with E-state index in [1.807, 2.05) is 0 Å². The van der Waals surface area contributed by atoms with E-state index in [9.17, 15) is 13.6 Å². The molecule has 2 rings (SSSR count). The Balaban J connectivity index is 2.35. The van der Waals surface area contributed by atoms with Gasteiger partial charge in [-0.05, 0) is 12.8 Å². The number of hydrogen-bond donors (Lipinski definition) is 1. The Morgan fingerprint density at radius 3 is 2.65 bits per heavy atom. The van der Waals surface area contributed by atoms with Crippen LogP contribution in [0.25, 0.3) is 0 Å². The predicted molar refractivity (Wildman–Crippen MR) is 51.0 cm³/mol. The van der Waals surface area contributed by atoms with Crippen LogP contribution in [-0.2, 0) is 4.74 Å². The van der Waals surface area contributed by atoms with Crippen molar-refractivity contribution in [1.82, 2.24) is 15.0 Å². The van der Waals surface area contributed by atoms with Crippen molar-refractivity contribution < 1.29 is 23.4 Å². The molecule has 1 aromatic rings. The van der Waals surface area contributed by atoms with Gasteiger partial charge >= 0.3 is 5.97 Å². The maximum absolute atomic E-state index is 12.8. The first kappa shape index (κ1) is 11.9. The quantitative estimate of drug-likeness (QED) is 0.870. The van der Waals surface area contributed by atoms with Gasteiger partial charge in [0.25, 0.3) is 6.43 Å². The minimum Gasteiger partial charge on any atom is -0.476 e. The summed E-state index contributed by atoms with van der Waals surface area (Å²) in [6.45, 7) is 0.908. The first-order valence-electron chi connectivity index (χ1n) is 5.15. The fraction of sp³-hybridized carbons (Fsp3) is 0.667. The fourth-order valence-corrected chi connectivity index (χ4v) is 1.86. The van der Waals surface area contributed by atoms with E-state index < -0.39 is 23.8 Å². The average Bonchev–Trinajstić information content (AvgIpc) is 2.74. The van der Waals surface area contributed by atoms with Gasteiger partial charge in [0.1, 0.15) is 5.69 Å². The Kier molecular flexibility index (Phi) is 3.32. The topological polar surface area (TPSA) is 77.2 Å². The highest BCUT2D eigenvalue weighted by Crippen LogP contribution is 2.28. The first-order valence-corrected chi connectivity index (χ1v) is 5.15. The van der Waals surface area contributed by atoms with Crippen LogP contribution in [0.15, 0.2) is 0 Å². The number of carboxylic acids is 1. The molecule has 1 N–H and O–H groups in total. The van der Waals surface area contributed by atoms with Crippen molar-refractivity contribution in [3.8, 4) is 0 Å². The third-order valence-corrected chi connectivity index (χ3v) is 2.68. The number of alkyl halides is 2. The largest absolute Gasteiger partial charge is 0.476 e. The number of nitrogens with zero attached hydrogens (tertiary/aromatic N) is 3. The van der Waals surface area contributed by atoms with Gasteiger partial charge in [-0.2, -0.15) is 0 Å². The molecule has 0 saturated carbocycles. The van der Waals surface area contributed by atoms with E-state index in [0.29, 0.717) is 26.1 Å². The fourth-order valence-electron chi connectivity index (χ4n) is 1.86. The zero-order valence-corrected chi connectivity index (χ0v) is 8.84. The SMILES string of the molecule is O=C(O)c1nnn(C2CCOCC2)c1C(F)F. The van der Waals surface area contributed by atoms with Crippen LogP contribution in [0, 0.1) is 0 Å². The summed E-state index contributed by atoms with van der Waals surface area (Å²) >= 11 is 0. The molecule has 2 heterocycles. The third-order valence-electron chi connectivity index (χ3n) is 2.68. The maximum atomic E-state index is 12.8. The molecule has 0 unspecified atom stereocenters. The third kappa shape index (κ3) is 2.26. The lowest BCUT2D eigenvalue weighted by molar-refractivity contribution is 0.0580. The summed E-state index contributed by atoms with van der Waals surface area (Å²) in [4.78, 5) is 10.7. The predicted octanol–water partition coefficient (Wildman–Crippen LogP) is 1.27. The van der Waals surface area contributed by atoms with Gasteiger partial charge in [-0.15, -0.1) is 5.10 Å². The van der Waals surface area contributed by atoms with E-state index in [1.165, 1.54) is 0 Å². The van der Waals surface area contributed by atoms with Crippen molar-refractivity contribution in [3.63, 3.8) is 0 Å². The normalized spacial score (nSPS) is 17.6. The Labute approximate surface area is 95.2 Å². The second-order valence-electron chi connectivity index (χ2n) is 3.72. The van der Waals surface area contributed by atoms with Crippen LogP contribution in [0.2, 0.25) is 0 Å². The summed E-state index contributed by atoms with van der Waals surface area (Å²) in [7, 11) is 0. The highest BCUT2D eigenvalue weighted by molar-refractivity contribution is 5.86. The van der Waals surface area contributed by atoms with Crippen molar-refractivity contribution >= 4 is 5.97 Å². The molecule has 0 aliphatic carbocycles. The molecule has 6 nitrogen and oxygen atoms in total. The zero-order chi connectivity index (χ0) is 12.4. The molecule has 17 heavy (non-hydrogen) atoms. The van der Waals surface area contributed by atoms with Crippen LogP contribution in [0.3, 0.4) is 0 Å². The van der Waals surface area contributed by atoms with Crippen molar-refractivity contribution in [1.29, 1.82) is 0 Å². The zero-order valence-electron chi connectivity index (χ0n) is 8.84. The molecule has 0 bridgehead atoms. The van der Waals surface area contributed by atoms with Gasteiger partial charge in [-0.3, -0.25) is 0 Å². The van der Waals surface area contributed by atoms with Gasteiger partial charge in [0.2, 0.25) is 0 Å².